The Labute approximate surface area is 471 Å². The molecule has 0 aliphatic carbocycles. The van der Waals surface area contributed by atoms with Crippen molar-refractivity contribution in [1.29, 1.82) is 0 Å². The summed E-state index contributed by atoms with van der Waals surface area (Å²) in [5, 5.41) is 0. The highest BCUT2D eigenvalue weighted by atomic mass is 16.6. The molecule has 0 spiro atoms. The molecule has 0 aliphatic rings. The fourth-order valence-electron chi connectivity index (χ4n) is 9.27. The molecule has 0 rings (SSSR count). The van der Waals surface area contributed by atoms with Crippen LogP contribution in [0.1, 0.15) is 323 Å². The van der Waals surface area contributed by atoms with Gasteiger partial charge in [0, 0.05) is 19.3 Å². The van der Waals surface area contributed by atoms with Gasteiger partial charge in [0.05, 0.1) is 0 Å². The number of unbranched alkanes of at least 4 members (excludes halogenated alkanes) is 34. The molecule has 0 heterocycles. The van der Waals surface area contributed by atoms with Crippen molar-refractivity contribution in [2.75, 3.05) is 13.2 Å². The van der Waals surface area contributed by atoms with Crippen molar-refractivity contribution < 1.29 is 28.6 Å². The maximum atomic E-state index is 12.9. The highest BCUT2D eigenvalue weighted by Gasteiger charge is 2.19. The molecule has 1 unspecified atom stereocenters. The van der Waals surface area contributed by atoms with Crippen LogP contribution >= 0.6 is 0 Å². The molecule has 0 saturated carbocycles. The van der Waals surface area contributed by atoms with E-state index in [1.54, 1.807) is 0 Å². The number of carbonyl (C=O) groups excluding carboxylic acids is 3. The van der Waals surface area contributed by atoms with E-state index in [9.17, 15) is 14.4 Å². The smallest absolute Gasteiger partial charge is 0.306 e. The summed E-state index contributed by atoms with van der Waals surface area (Å²) in [6.45, 7) is 6.51. The van der Waals surface area contributed by atoms with Crippen molar-refractivity contribution >= 4 is 17.9 Å². The molecule has 0 fully saturated rings. The molecule has 6 heteroatoms. The van der Waals surface area contributed by atoms with Crippen LogP contribution in [0, 0.1) is 0 Å². The number of hydrogen-bond donors (Lipinski definition) is 0. The number of rotatable bonds is 59. The van der Waals surface area contributed by atoms with Crippen molar-refractivity contribution in [3.63, 3.8) is 0 Å². The second kappa shape index (κ2) is 64.1. The molecule has 438 valence electrons. The molecule has 0 saturated heterocycles. The summed E-state index contributed by atoms with van der Waals surface area (Å²) in [7, 11) is 0. The molecule has 0 aromatic heterocycles. The zero-order chi connectivity index (χ0) is 55.0. The first kappa shape index (κ1) is 72.6. The third-order valence-corrected chi connectivity index (χ3v) is 14.1. The van der Waals surface area contributed by atoms with E-state index in [1.807, 2.05) is 0 Å². The van der Waals surface area contributed by atoms with Crippen LogP contribution in [0.25, 0.3) is 0 Å². The Morgan fingerprint density at radius 2 is 0.513 bits per heavy atom. The van der Waals surface area contributed by atoms with Crippen molar-refractivity contribution in [2.24, 2.45) is 0 Å². The Balaban J connectivity index is 4.14. The van der Waals surface area contributed by atoms with Crippen LogP contribution < -0.4 is 0 Å². The Bertz CT molecular complexity index is 1450. The molecule has 1 atom stereocenters. The van der Waals surface area contributed by atoms with Gasteiger partial charge in [-0.15, -0.1) is 0 Å². The number of hydrogen-bond acceptors (Lipinski definition) is 6. The average Bonchev–Trinajstić information content (AvgIpc) is 3.42. The molecule has 76 heavy (non-hydrogen) atoms. The zero-order valence-electron chi connectivity index (χ0n) is 50.3. The minimum atomic E-state index is -0.779. The highest BCUT2D eigenvalue weighted by Crippen LogP contribution is 2.17. The first-order chi connectivity index (χ1) is 37.5. The number of allylic oxidation sites excluding steroid dienone is 14. The minimum Gasteiger partial charge on any atom is -0.462 e. The summed E-state index contributed by atoms with van der Waals surface area (Å²) in [4.78, 5) is 38.2. The van der Waals surface area contributed by atoms with Crippen molar-refractivity contribution in [3.8, 4) is 0 Å². The summed E-state index contributed by atoms with van der Waals surface area (Å²) in [6, 6.07) is 0. The Morgan fingerprint density at radius 1 is 0.276 bits per heavy atom. The maximum absolute atomic E-state index is 12.9. The summed E-state index contributed by atoms with van der Waals surface area (Å²) in [6.07, 6.45) is 84.7. The fraction of sp³-hybridized carbons (Fsp3) is 0.757. The maximum Gasteiger partial charge on any atom is 0.306 e. The fourth-order valence-corrected chi connectivity index (χ4v) is 9.27. The van der Waals surface area contributed by atoms with Crippen molar-refractivity contribution in [3.05, 3.63) is 85.1 Å². The Hall–Kier alpha value is -3.41. The first-order valence-electron chi connectivity index (χ1n) is 32.6. The first-order valence-corrected chi connectivity index (χ1v) is 32.6. The Morgan fingerprint density at radius 3 is 0.803 bits per heavy atom. The van der Waals surface area contributed by atoms with Gasteiger partial charge in [-0.2, -0.15) is 0 Å². The molecule has 0 radical (unpaired) electrons. The highest BCUT2D eigenvalue weighted by molar-refractivity contribution is 5.71. The lowest BCUT2D eigenvalue weighted by atomic mass is 10.0. The third-order valence-electron chi connectivity index (χ3n) is 14.1. The second-order valence-corrected chi connectivity index (χ2v) is 21.6. The van der Waals surface area contributed by atoms with E-state index in [1.165, 1.54) is 180 Å². The molecule has 0 amide bonds. The topological polar surface area (TPSA) is 78.9 Å². The van der Waals surface area contributed by atoms with E-state index in [-0.39, 0.29) is 31.1 Å². The minimum absolute atomic E-state index is 0.0774. The standard InChI is InChI=1S/C70H122O6/c1-4-7-10-13-16-19-21-23-25-27-29-31-32-33-34-35-36-37-38-40-41-43-45-47-49-51-54-57-60-63-69(72)75-66-67(65-74-68(71)62-59-56-53-18-15-12-9-6-3)76-70(73)64-61-58-55-52-50-48-46-44-42-39-30-28-26-24-22-20-17-14-11-8-5-2/h8,11,17,20-21,23-24,26-27,29-30,32-33,39,67H,4-7,9-10,12-16,18-19,22,25,28,31,34-38,40-66H2,1-3H3/b11-8-,20-17-,23-21-,26-24-,29-27-,33-32-,39-30-. The third kappa shape index (κ3) is 61.4. The molecule has 6 nitrogen and oxygen atoms in total. The lowest BCUT2D eigenvalue weighted by Gasteiger charge is -2.18. The van der Waals surface area contributed by atoms with Gasteiger partial charge < -0.3 is 14.2 Å². The molecular weight excluding hydrogens is 937 g/mol. The summed E-state index contributed by atoms with van der Waals surface area (Å²) < 4.78 is 16.9. The van der Waals surface area contributed by atoms with Crippen LogP contribution in [-0.2, 0) is 28.6 Å². The predicted octanol–water partition coefficient (Wildman–Crippen LogP) is 22.3. The van der Waals surface area contributed by atoms with Gasteiger partial charge in [0.1, 0.15) is 13.2 Å². The van der Waals surface area contributed by atoms with E-state index in [4.69, 9.17) is 14.2 Å². The van der Waals surface area contributed by atoms with Gasteiger partial charge in [0.25, 0.3) is 0 Å². The van der Waals surface area contributed by atoms with Crippen LogP contribution in [0.2, 0.25) is 0 Å². The molecule has 0 N–H and O–H groups in total. The lowest BCUT2D eigenvalue weighted by Crippen LogP contribution is -2.30. The van der Waals surface area contributed by atoms with Gasteiger partial charge in [-0.1, -0.05) is 292 Å². The second-order valence-electron chi connectivity index (χ2n) is 21.6. The summed E-state index contributed by atoms with van der Waals surface area (Å²) >= 11 is 0. The molecule has 0 bridgehead atoms. The van der Waals surface area contributed by atoms with Crippen LogP contribution in [0.3, 0.4) is 0 Å². The summed E-state index contributed by atoms with van der Waals surface area (Å²) in [5.74, 6) is -0.879. The number of esters is 3. The monoisotopic (exact) mass is 1060 g/mol. The van der Waals surface area contributed by atoms with E-state index in [0.29, 0.717) is 19.3 Å². The van der Waals surface area contributed by atoms with Crippen LogP contribution in [-0.4, -0.2) is 37.2 Å². The van der Waals surface area contributed by atoms with Gasteiger partial charge >= 0.3 is 17.9 Å². The van der Waals surface area contributed by atoms with E-state index < -0.39 is 6.10 Å². The van der Waals surface area contributed by atoms with Crippen LogP contribution in [0.4, 0.5) is 0 Å². The van der Waals surface area contributed by atoms with E-state index in [0.717, 1.165) is 103 Å². The zero-order valence-corrected chi connectivity index (χ0v) is 50.3. The van der Waals surface area contributed by atoms with Gasteiger partial charge in [0.15, 0.2) is 6.10 Å². The van der Waals surface area contributed by atoms with E-state index in [2.05, 4.69) is 106 Å². The molecule has 0 aliphatic heterocycles. The number of carbonyl (C=O) groups is 3. The van der Waals surface area contributed by atoms with Crippen LogP contribution in [0.5, 0.6) is 0 Å². The molecular formula is C70H122O6. The number of ether oxygens (including phenoxy) is 3. The lowest BCUT2D eigenvalue weighted by molar-refractivity contribution is -0.167. The quantitative estimate of drug-likeness (QED) is 0.0261. The van der Waals surface area contributed by atoms with Gasteiger partial charge in [0.2, 0.25) is 0 Å². The SMILES string of the molecule is CC/C=C\C/C=C\C/C=C\C/C=C\CCCCCCCCCCC(=O)OC(COC(=O)CCCCCCCCCC)COC(=O)CCCCCCCCCCCCCCCC/C=C\C/C=C\C/C=C\CCCCCCC. The largest absolute Gasteiger partial charge is 0.462 e. The molecule has 0 aromatic carbocycles. The van der Waals surface area contributed by atoms with Crippen LogP contribution in [0.15, 0.2) is 85.1 Å². The predicted molar refractivity (Wildman–Crippen MR) is 330 cm³/mol. The Kier molecular flexibility index (Phi) is 61.2. The van der Waals surface area contributed by atoms with Gasteiger partial charge in [-0.25, -0.2) is 0 Å². The average molecular weight is 1060 g/mol. The van der Waals surface area contributed by atoms with Crippen molar-refractivity contribution in [1.82, 2.24) is 0 Å². The van der Waals surface area contributed by atoms with Crippen molar-refractivity contribution in [2.45, 2.75) is 329 Å². The van der Waals surface area contributed by atoms with E-state index >= 15 is 0 Å². The molecule has 0 aromatic rings. The van der Waals surface area contributed by atoms with Gasteiger partial charge in [-0.05, 0) is 96.3 Å². The van der Waals surface area contributed by atoms with Gasteiger partial charge in [-0.3, -0.25) is 14.4 Å². The summed E-state index contributed by atoms with van der Waals surface area (Å²) in [5.41, 5.74) is 0. The normalized spacial score (nSPS) is 12.6.